The predicted molar refractivity (Wildman–Crippen MR) is 26.0 cm³/mol. The van der Waals surface area contributed by atoms with Crippen molar-refractivity contribution < 1.29 is 4.79 Å². The number of hydrogen-bond donors (Lipinski definition) is 1. The number of rotatable bonds is 1. The summed E-state index contributed by atoms with van der Waals surface area (Å²) < 4.78 is 0. The highest BCUT2D eigenvalue weighted by molar-refractivity contribution is 6.27. The Morgan fingerprint density at radius 1 is 1.86 bits per heavy atom. The van der Waals surface area contributed by atoms with E-state index in [1.807, 2.05) is 0 Å². The van der Waals surface area contributed by atoms with Crippen molar-refractivity contribution in [2.75, 3.05) is 13.1 Å². The van der Waals surface area contributed by atoms with Gasteiger partial charge in [0.05, 0.1) is 6.54 Å². The summed E-state index contributed by atoms with van der Waals surface area (Å²) in [7, 11) is 0. The molecular formula is C4H5N2O. The molecule has 7 heavy (non-hydrogen) atoms. The molecular weight excluding hydrogens is 92.1 g/mol. The number of nitrogens with one attached hydrogen (secondary N) is 1. The van der Waals surface area contributed by atoms with Gasteiger partial charge in [-0.2, -0.15) is 0 Å². The molecule has 3 heteroatoms. The van der Waals surface area contributed by atoms with Crippen LogP contribution in [-0.4, -0.2) is 25.2 Å². The summed E-state index contributed by atoms with van der Waals surface area (Å²) in [6, 6.07) is 0. The van der Waals surface area contributed by atoms with Crippen molar-refractivity contribution in [3.8, 4) is 0 Å². The molecule has 0 fully saturated rings. The first-order valence-electron chi connectivity index (χ1n) is 2.10. The summed E-state index contributed by atoms with van der Waals surface area (Å²) in [6.07, 6.45) is 1.65. The summed E-state index contributed by atoms with van der Waals surface area (Å²) >= 11 is 0. The quantitative estimate of drug-likeness (QED) is 0.460. The average molecular weight is 97.1 g/mol. The number of carbonyl (C=O) groups excluding carboxylic acids is 1. The minimum Gasteiger partial charge on any atom is -0.365 e. The molecule has 1 radical (unpaired) electrons. The van der Waals surface area contributed by atoms with Gasteiger partial charge in [0.25, 0.3) is 6.29 Å². The SMILES string of the molecule is O=[C]C1=NCCN1. The molecule has 0 saturated heterocycles. The second-order valence-electron chi connectivity index (χ2n) is 1.26. The lowest BCUT2D eigenvalue weighted by atomic mass is 10.7. The molecule has 1 rings (SSSR count). The fourth-order valence-electron chi connectivity index (χ4n) is 0.466. The molecule has 0 atom stereocenters. The van der Waals surface area contributed by atoms with Crippen molar-refractivity contribution >= 4 is 12.1 Å². The standard InChI is InChI=1S/C4H5N2O/c7-3-4-5-1-2-6-4/h1-2H2,(H,5,6). The van der Waals surface area contributed by atoms with Crippen molar-refractivity contribution in [2.24, 2.45) is 4.99 Å². The van der Waals surface area contributed by atoms with Gasteiger partial charge in [0, 0.05) is 6.54 Å². The molecule has 0 saturated carbocycles. The number of nitrogens with zero attached hydrogens (tertiary/aromatic N) is 1. The van der Waals surface area contributed by atoms with Crippen molar-refractivity contribution in [2.45, 2.75) is 0 Å². The number of aliphatic imine (C=N–C) groups is 1. The van der Waals surface area contributed by atoms with Crippen molar-refractivity contribution in [1.29, 1.82) is 0 Å². The van der Waals surface area contributed by atoms with Gasteiger partial charge < -0.3 is 5.32 Å². The monoisotopic (exact) mass is 97.0 g/mol. The molecule has 1 aliphatic heterocycles. The molecule has 1 heterocycles. The van der Waals surface area contributed by atoms with E-state index in [-0.39, 0.29) is 0 Å². The van der Waals surface area contributed by atoms with Crippen molar-refractivity contribution in [1.82, 2.24) is 5.32 Å². The third-order valence-electron chi connectivity index (χ3n) is 0.771. The van der Waals surface area contributed by atoms with E-state index in [9.17, 15) is 4.79 Å². The Labute approximate surface area is 41.4 Å². The van der Waals surface area contributed by atoms with Gasteiger partial charge in [-0.15, -0.1) is 0 Å². The van der Waals surface area contributed by atoms with Gasteiger partial charge >= 0.3 is 0 Å². The van der Waals surface area contributed by atoms with Crippen LogP contribution in [0.2, 0.25) is 0 Å². The highest BCUT2D eigenvalue weighted by Crippen LogP contribution is 1.78. The number of hydrogen-bond acceptors (Lipinski definition) is 3. The summed E-state index contributed by atoms with van der Waals surface area (Å²) in [4.78, 5) is 13.4. The molecule has 0 amide bonds. The molecule has 37 valence electrons. The van der Waals surface area contributed by atoms with Crippen LogP contribution in [-0.2, 0) is 4.79 Å². The third kappa shape index (κ3) is 0.765. The van der Waals surface area contributed by atoms with Crippen molar-refractivity contribution in [3.05, 3.63) is 0 Å². The topological polar surface area (TPSA) is 41.5 Å². The van der Waals surface area contributed by atoms with E-state index in [0.29, 0.717) is 12.4 Å². The minimum atomic E-state index is 0.361. The zero-order valence-corrected chi connectivity index (χ0v) is 3.77. The molecule has 0 aromatic carbocycles. The third-order valence-corrected chi connectivity index (χ3v) is 0.771. The van der Waals surface area contributed by atoms with Gasteiger partial charge in [0.2, 0.25) is 0 Å². The van der Waals surface area contributed by atoms with Crippen LogP contribution >= 0.6 is 0 Å². The van der Waals surface area contributed by atoms with Crippen LogP contribution in [0.1, 0.15) is 0 Å². The van der Waals surface area contributed by atoms with Gasteiger partial charge in [0.1, 0.15) is 0 Å². The fourth-order valence-corrected chi connectivity index (χ4v) is 0.466. The van der Waals surface area contributed by atoms with E-state index < -0.39 is 0 Å². The smallest absolute Gasteiger partial charge is 0.271 e. The first kappa shape index (κ1) is 4.30. The molecule has 0 aromatic heterocycles. The largest absolute Gasteiger partial charge is 0.365 e. The Morgan fingerprint density at radius 2 is 2.71 bits per heavy atom. The molecule has 0 aliphatic carbocycles. The highest BCUT2D eigenvalue weighted by atomic mass is 16.1. The number of amidine groups is 1. The van der Waals surface area contributed by atoms with E-state index in [2.05, 4.69) is 10.3 Å². The summed E-state index contributed by atoms with van der Waals surface area (Å²) in [5.74, 6) is 0.361. The molecule has 1 N–H and O–H groups in total. The second-order valence-corrected chi connectivity index (χ2v) is 1.26. The molecule has 3 nitrogen and oxygen atoms in total. The van der Waals surface area contributed by atoms with Crippen LogP contribution < -0.4 is 5.32 Å². The first-order chi connectivity index (χ1) is 3.43. The summed E-state index contributed by atoms with van der Waals surface area (Å²) in [6.45, 7) is 1.50. The Morgan fingerprint density at radius 3 is 3.00 bits per heavy atom. The first-order valence-corrected chi connectivity index (χ1v) is 2.10. The van der Waals surface area contributed by atoms with Crippen LogP contribution in [0.5, 0.6) is 0 Å². The zero-order valence-electron chi connectivity index (χ0n) is 3.77. The molecule has 0 aromatic rings. The molecule has 0 spiro atoms. The van der Waals surface area contributed by atoms with Gasteiger partial charge in [-0.3, -0.25) is 9.79 Å². The zero-order chi connectivity index (χ0) is 5.11. The van der Waals surface area contributed by atoms with Crippen LogP contribution in [0.4, 0.5) is 0 Å². The molecule has 1 aliphatic rings. The van der Waals surface area contributed by atoms with E-state index in [1.165, 1.54) is 0 Å². The van der Waals surface area contributed by atoms with Gasteiger partial charge in [-0.25, -0.2) is 0 Å². The van der Waals surface area contributed by atoms with E-state index in [1.54, 1.807) is 6.29 Å². The maximum absolute atomic E-state index is 9.69. The van der Waals surface area contributed by atoms with E-state index in [0.717, 1.165) is 6.54 Å². The van der Waals surface area contributed by atoms with Crippen molar-refractivity contribution in [3.63, 3.8) is 0 Å². The Balaban J connectivity index is 2.51. The summed E-state index contributed by atoms with van der Waals surface area (Å²) in [5.41, 5.74) is 0. The fraction of sp³-hybridized carbons (Fsp3) is 0.500. The van der Waals surface area contributed by atoms with Crippen LogP contribution in [0, 0.1) is 0 Å². The predicted octanol–water partition coefficient (Wildman–Crippen LogP) is -0.902. The van der Waals surface area contributed by atoms with E-state index in [4.69, 9.17) is 0 Å². The Hall–Kier alpha value is -0.860. The van der Waals surface area contributed by atoms with Gasteiger partial charge in [0.15, 0.2) is 5.84 Å². The maximum atomic E-state index is 9.69. The Bertz CT molecular complexity index is 108. The van der Waals surface area contributed by atoms with Crippen LogP contribution in [0.15, 0.2) is 4.99 Å². The lowest BCUT2D eigenvalue weighted by Gasteiger charge is -1.83. The lowest BCUT2D eigenvalue weighted by molar-refractivity contribution is 0.566. The van der Waals surface area contributed by atoms with Crippen LogP contribution in [0.25, 0.3) is 0 Å². The molecule has 0 bridgehead atoms. The lowest BCUT2D eigenvalue weighted by Crippen LogP contribution is -2.18. The summed E-state index contributed by atoms with van der Waals surface area (Å²) in [5, 5.41) is 2.73. The van der Waals surface area contributed by atoms with Gasteiger partial charge in [-0.05, 0) is 0 Å². The average Bonchev–Trinajstić information content (AvgIpc) is 2.14. The van der Waals surface area contributed by atoms with Crippen LogP contribution in [0.3, 0.4) is 0 Å². The van der Waals surface area contributed by atoms with Gasteiger partial charge in [-0.1, -0.05) is 0 Å². The normalized spacial score (nSPS) is 18.0. The van der Waals surface area contributed by atoms with E-state index >= 15 is 0 Å². The second kappa shape index (κ2) is 1.73. The highest BCUT2D eigenvalue weighted by Gasteiger charge is 2.00. The Kier molecular flexibility index (Phi) is 1.06. The minimum absolute atomic E-state index is 0.361. The molecule has 0 unspecified atom stereocenters. The maximum Gasteiger partial charge on any atom is 0.271 e.